The van der Waals surface area contributed by atoms with E-state index >= 15 is 0 Å². The highest BCUT2D eigenvalue weighted by Gasteiger charge is 2.38. The van der Waals surface area contributed by atoms with Gasteiger partial charge >= 0.3 is 11.9 Å². The van der Waals surface area contributed by atoms with Crippen LogP contribution in [0.1, 0.15) is 60.3 Å². The van der Waals surface area contributed by atoms with E-state index in [0.717, 1.165) is 14.0 Å². The molecule has 1 aliphatic heterocycles. The summed E-state index contributed by atoms with van der Waals surface area (Å²) in [6.45, 7) is 7.96. The first kappa shape index (κ1) is 33.5. The van der Waals surface area contributed by atoms with Crippen molar-refractivity contribution in [2.45, 2.75) is 78.4 Å². The number of esters is 2. The minimum atomic E-state index is -0.979. The van der Waals surface area contributed by atoms with Crippen molar-refractivity contribution in [1.29, 1.82) is 0 Å². The number of nitrogens with zero attached hydrogens (tertiary/aromatic N) is 1. The fraction of sp³-hybridized carbons (Fsp3) is 0.680. The summed E-state index contributed by atoms with van der Waals surface area (Å²) in [5.74, 6) is -4.56. The van der Waals surface area contributed by atoms with Gasteiger partial charge in [0.05, 0.1) is 26.5 Å². The minimum Gasteiger partial charge on any atom is -0.463 e. The number of ether oxygens (including phenoxy) is 2. The van der Waals surface area contributed by atoms with Gasteiger partial charge in [-0.25, -0.2) is 14.6 Å². The van der Waals surface area contributed by atoms with Crippen LogP contribution in [0, 0.1) is 5.92 Å². The Balaban J connectivity index is 2.87. The molecule has 3 atom stereocenters. The lowest BCUT2D eigenvalue weighted by Crippen LogP contribution is -2.55. The summed E-state index contributed by atoms with van der Waals surface area (Å²) in [6.07, 6.45) is 1.42. The fourth-order valence-corrected chi connectivity index (χ4v) is 3.83. The van der Waals surface area contributed by atoms with Crippen LogP contribution in [0.25, 0.3) is 0 Å². The van der Waals surface area contributed by atoms with Crippen LogP contribution in [0.5, 0.6) is 0 Å². The van der Waals surface area contributed by atoms with Crippen LogP contribution in [0.2, 0.25) is 0 Å². The summed E-state index contributed by atoms with van der Waals surface area (Å²) in [7, 11) is 2.47. The second kappa shape index (κ2) is 16.4. The molecule has 1 rings (SSSR count). The molecule has 0 spiro atoms. The van der Waals surface area contributed by atoms with Gasteiger partial charge in [0, 0.05) is 19.9 Å². The normalized spacial score (nSPS) is 17.0. The van der Waals surface area contributed by atoms with Crippen LogP contribution in [0.3, 0.4) is 0 Å². The van der Waals surface area contributed by atoms with Gasteiger partial charge in [-0.05, 0) is 39.0 Å². The van der Waals surface area contributed by atoms with Crippen molar-refractivity contribution in [3.63, 3.8) is 0 Å². The highest BCUT2D eigenvalue weighted by atomic mass is 17.2. The van der Waals surface area contributed by atoms with Gasteiger partial charge in [0.2, 0.25) is 29.4 Å². The van der Waals surface area contributed by atoms with Crippen molar-refractivity contribution in [2.24, 2.45) is 5.92 Å². The van der Waals surface area contributed by atoms with E-state index in [0.29, 0.717) is 19.3 Å². The van der Waals surface area contributed by atoms with Gasteiger partial charge < -0.3 is 30.3 Å². The second-order valence-electron chi connectivity index (χ2n) is 9.27. The molecule has 0 aliphatic carbocycles. The Morgan fingerprint density at radius 2 is 1.64 bits per heavy atom. The number of hydrogen-bond donors (Lipinski definition) is 3. The van der Waals surface area contributed by atoms with Crippen LogP contribution in [0.4, 0.5) is 0 Å². The first-order chi connectivity index (χ1) is 18.3. The first-order valence-electron chi connectivity index (χ1n) is 12.7. The number of carbonyl (C=O) groups excluding carboxylic acids is 6. The molecule has 4 amide bonds. The molecule has 0 bridgehead atoms. The van der Waals surface area contributed by atoms with Crippen molar-refractivity contribution in [3.8, 4) is 0 Å². The van der Waals surface area contributed by atoms with Gasteiger partial charge in [0.1, 0.15) is 18.1 Å². The molecule has 39 heavy (non-hydrogen) atoms. The van der Waals surface area contributed by atoms with Crippen molar-refractivity contribution in [2.75, 3.05) is 27.4 Å². The third-order valence-electron chi connectivity index (χ3n) is 5.78. The van der Waals surface area contributed by atoms with Crippen molar-refractivity contribution in [3.05, 3.63) is 11.5 Å². The van der Waals surface area contributed by atoms with Gasteiger partial charge in [-0.3, -0.25) is 24.0 Å². The van der Waals surface area contributed by atoms with E-state index in [4.69, 9.17) is 9.62 Å². The van der Waals surface area contributed by atoms with Crippen molar-refractivity contribution < 1.29 is 48.0 Å². The summed E-state index contributed by atoms with van der Waals surface area (Å²) in [5, 5.41) is 7.75. The Hall–Kier alpha value is -3.52. The van der Waals surface area contributed by atoms with Gasteiger partial charge in [0.25, 0.3) is 0 Å². The highest BCUT2D eigenvalue weighted by Crippen LogP contribution is 2.21. The Labute approximate surface area is 228 Å². The Morgan fingerprint density at radius 1 is 0.974 bits per heavy atom. The summed E-state index contributed by atoms with van der Waals surface area (Å²) in [6, 6.07) is -2.76. The molecule has 1 heterocycles. The number of hydrogen-bond acceptors (Lipinski definition) is 10. The summed E-state index contributed by atoms with van der Waals surface area (Å²) >= 11 is 0. The van der Waals surface area contributed by atoms with Gasteiger partial charge in [-0.2, -0.15) is 0 Å². The average molecular weight is 557 g/mol. The maximum Gasteiger partial charge on any atom is 0.375 e. The van der Waals surface area contributed by atoms with E-state index in [2.05, 4.69) is 25.6 Å². The molecule has 14 heteroatoms. The number of likely N-dealkylation sites (tertiary alicyclic amines) is 1. The SMILES string of the molecule is COOCCCC(=O)NC(C)C(=O)NC(C)C(=O)N1CCC[C@H]1C(=O)N/C(=C(\OC(C)=O)C(=O)OC)C(C)C. The van der Waals surface area contributed by atoms with Gasteiger partial charge in [-0.15, -0.1) is 0 Å². The Morgan fingerprint density at radius 3 is 2.21 bits per heavy atom. The lowest BCUT2D eigenvalue weighted by Gasteiger charge is -2.28. The second-order valence-corrected chi connectivity index (χ2v) is 9.27. The smallest absolute Gasteiger partial charge is 0.375 e. The van der Waals surface area contributed by atoms with E-state index in [1.807, 2.05) is 0 Å². The largest absolute Gasteiger partial charge is 0.463 e. The zero-order valence-electron chi connectivity index (χ0n) is 23.6. The molecule has 2 unspecified atom stereocenters. The lowest BCUT2D eigenvalue weighted by atomic mass is 10.1. The molecule has 0 saturated carbocycles. The van der Waals surface area contributed by atoms with Crippen molar-refractivity contribution >= 4 is 35.6 Å². The van der Waals surface area contributed by atoms with E-state index < -0.39 is 59.5 Å². The Kier molecular flexibility index (Phi) is 14.1. The predicted molar refractivity (Wildman–Crippen MR) is 136 cm³/mol. The molecule has 0 aromatic heterocycles. The zero-order chi connectivity index (χ0) is 29.7. The van der Waals surface area contributed by atoms with Crippen LogP contribution in [0.15, 0.2) is 11.5 Å². The molecular weight excluding hydrogens is 516 g/mol. The maximum atomic E-state index is 13.2. The summed E-state index contributed by atoms with van der Waals surface area (Å²) in [5.41, 5.74) is 0.0426. The van der Waals surface area contributed by atoms with Crippen molar-refractivity contribution in [1.82, 2.24) is 20.9 Å². The van der Waals surface area contributed by atoms with E-state index in [1.54, 1.807) is 13.8 Å². The first-order valence-corrected chi connectivity index (χ1v) is 12.7. The molecule has 0 aromatic rings. The third kappa shape index (κ3) is 10.6. The van der Waals surface area contributed by atoms with Gasteiger partial charge in [-0.1, -0.05) is 13.8 Å². The standard InChI is InChI=1S/C25H40N4O10/c1-14(2)20(21(25(35)36-6)39-17(5)30)28-23(33)18-10-8-12-29(18)24(34)16(4)27-22(32)15(3)26-19(31)11-9-13-38-37-7/h14-16,18H,8-13H2,1-7H3,(H,26,31)(H,27,32)(H,28,33)/b21-20-/t15?,16?,18-/m0/s1. The molecule has 1 saturated heterocycles. The molecule has 0 aromatic carbocycles. The van der Waals surface area contributed by atoms with Crippen LogP contribution in [-0.2, 0) is 48.0 Å². The molecule has 1 fully saturated rings. The number of amides is 4. The topological polar surface area (TPSA) is 179 Å². The molecule has 14 nitrogen and oxygen atoms in total. The number of carbonyl (C=O) groups is 6. The zero-order valence-corrected chi connectivity index (χ0v) is 23.6. The number of nitrogens with one attached hydrogen (secondary N) is 3. The number of rotatable bonds is 14. The average Bonchev–Trinajstić information content (AvgIpc) is 3.37. The van der Waals surface area contributed by atoms with Crippen LogP contribution >= 0.6 is 0 Å². The third-order valence-corrected chi connectivity index (χ3v) is 5.78. The molecule has 3 N–H and O–H groups in total. The lowest BCUT2D eigenvalue weighted by molar-refractivity contribution is -0.272. The van der Waals surface area contributed by atoms with Crippen LogP contribution < -0.4 is 16.0 Å². The fourth-order valence-electron chi connectivity index (χ4n) is 3.83. The molecule has 1 aliphatic rings. The summed E-state index contributed by atoms with van der Waals surface area (Å²) in [4.78, 5) is 85.1. The highest BCUT2D eigenvalue weighted by molar-refractivity contribution is 5.95. The number of allylic oxidation sites excluding steroid dienone is 1. The maximum absolute atomic E-state index is 13.2. The van der Waals surface area contributed by atoms with Crippen LogP contribution in [-0.4, -0.2) is 86.0 Å². The Bertz CT molecular complexity index is 949. The van der Waals surface area contributed by atoms with E-state index in [1.165, 1.54) is 25.9 Å². The van der Waals surface area contributed by atoms with E-state index in [-0.39, 0.29) is 31.2 Å². The summed E-state index contributed by atoms with van der Waals surface area (Å²) < 4.78 is 9.69. The predicted octanol–water partition coefficient (Wildman–Crippen LogP) is 0.0649. The minimum absolute atomic E-state index is 0.0426. The molecular formula is C25H40N4O10. The molecule has 220 valence electrons. The number of methoxy groups -OCH3 is 1. The quantitative estimate of drug-likeness (QED) is 0.0662. The van der Waals surface area contributed by atoms with Gasteiger partial charge in [0.15, 0.2) is 0 Å². The molecule has 0 radical (unpaired) electrons. The van der Waals surface area contributed by atoms with E-state index in [9.17, 15) is 28.8 Å². The monoisotopic (exact) mass is 556 g/mol.